The van der Waals surface area contributed by atoms with Gasteiger partial charge in [0.1, 0.15) is 17.2 Å². The predicted molar refractivity (Wildman–Crippen MR) is 271 cm³/mol. The van der Waals surface area contributed by atoms with Gasteiger partial charge in [-0.2, -0.15) is 5.48 Å². The summed E-state index contributed by atoms with van der Waals surface area (Å²) in [6.07, 6.45) is 4.87. The Hall–Kier alpha value is -4.37. The van der Waals surface area contributed by atoms with Crippen molar-refractivity contribution < 1.29 is 34.5 Å². The molecule has 0 aliphatic rings. The van der Waals surface area contributed by atoms with Crippen molar-refractivity contribution >= 4 is 17.8 Å². The summed E-state index contributed by atoms with van der Waals surface area (Å²) in [6, 6.07) is 12.0. The minimum Gasteiger partial charge on any atom is -0.507 e. The number of carbonyl (C=O) groups excluding carboxylic acids is 3. The quantitative estimate of drug-likeness (QED) is 0.0776. The number of rotatable bonds is 17. The number of unbranched alkanes of at least 4 members (excludes halogenated alkanes) is 3. The Bertz CT molecular complexity index is 1960. The van der Waals surface area contributed by atoms with E-state index in [1.165, 1.54) is 4.90 Å². The molecule has 0 aliphatic carbocycles. The van der Waals surface area contributed by atoms with Crippen molar-refractivity contribution in [1.29, 1.82) is 0 Å². The average Bonchev–Trinajstić information content (AvgIpc) is 3.16. The standard InChI is InChI=1S/C57H88N2O7/c1-52(2,3)40-31-37(32-41(49(40)63)53(4,5)6)23-26-46(60)59(47(61)27-24-38-33-42(54(7,8)9)50(64)43(34-38)55(10,11)12)30-22-20-19-21-29-58-66-48(62)28-25-39-35-44(56(13,14)15)51(65)45(36-39)57(16,17)18/h31-36,58,63-65H,19-30H2,1-18H3. The summed E-state index contributed by atoms with van der Waals surface area (Å²) in [5.74, 6) is 0.124. The summed E-state index contributed by atoms with van der Waals surface area (Å²) in [7, 11) is 0. The van der Waals surface area contributed by atoms with Gasteiger partial charge in [0.05, 0.1) is 6.42 Å². The van der Waals surface area contributed by atoms with Crippen molar-refractivity contribution in [3.05, 3.63) is 86.5 Å². The number of benzene rings is 3. The summed E-state index contributed by atoms with van der Waals surface area (Å²) in [5.41, 5.74) is 9.07. The van der Waals surface area contributed by atoms with Crippen LogP contribution in [0.15, 0.2) is 36.4 Å². The van der Waals surface area contributed by atoms with Gasteiger partial charge in [0, 0.05) is 25.9 Å². The molecular weight excluding hydrogens is 825 g/mol. The Morgan fingerprint density at radius 1 is 0.439 bits per heavy atom. The Morgan fingerprint density at radius 3 is 1.00 bits per heavy atom. The molecule has 4 N–H and O–H groups in total. The van der Waals surface area contributed by atoms with Gasteiger partial charge in [-0.1, -0.05) is 174 Å². The van der Waals surface area contributed by atoms with Crippen LogP contribution in [0.4, 0.5) is 0 Å². The van der Waals surface area contributed by atoms with Crippen molar-refractivity contribution in [1.82, 2.24) is 10.4 Å². The molecule has 9 heteroatoms. The Labute approximate surface area is 399 Å². The first-order valence-corrected chi connectivity index (χ1v) is 24.4. The van der Waals surface area contributed by atoms with Crippen molar-refractivity contribution in [2.24, 2.45) is 0 Å². The van der Waals surface area contributed by atoms with E-state index in [1.54, 1.807) is 0 Å². The number of hydrogen-bond acceptors (Lipinski definition) is 8. The number of imide groups is 1. The van der Waals surface area contributed by atoms with E-state index in [1.807, 2.05) is 36.4 Å². The lowest BCUT2D eigenvalue weighted by Crippen LogP contribution is -2.38. The van der Waals surface area contributed by atoms with Gasteiger partial charge in [0.2, 0.25) is 11.8 Å². The molecule has 0 spiro atoms. The van der Waals surface area contributed by atoms with E-state index < -0.39 is 0 Å². The molecule has 0 saturated carbocycles. The van der Waals surface area contributed by atoms with Gasteiger partial charge >= 0.3 is 5.97 Å². The van der Waals surface area contributed by atoms with Crippen molar-refractivity contribution in [3.8, 4) is 17.2 Å². The number of hydroxylamine groups is 1. The Balaban J connectivity index is 1.68. The molecule has 0 bridgehead atoms. The maximum Gasteiger partial charge on any atom is 0.325 e. The number of phenolic OH excluding ortho intramolecular Hbond substituents is 3. The summed E-state index contributed by atoms with van der Waals surface area (Å²) in [6.45, 7) is 38.1. The van der Waals surface area contributed by atoms with Crippen LogP contribution in [0.3, 0.4) is 0 Å². The lowest BCUT2D eigenvalue weighted by atomic mass is 9.78. The largest absolute Gasteiger partial charge is 0.507 e. The van der Waals surface area contributed by atoms with Crippen LogP contribution >= 0.6 is 0 Å². The average molecular weight is 913 g/mol. The molecule has 0 fully saturated rings. The van der Waals surface area contributed by atoms with E-state index in [-0.39, 0.29) is 69.5 Å². The smallest absolute Gasteiger partial charge is 0.325 e. The van der Waals surface area contributed by atoms with Crippen molar-refractivity contribution in [3.63, 3.8) is 0 Å². The molecule has 2 amide bonds. The number of aryl methyl sites for hydroxylation is 3. The van der Waals surface area contributed by atoms with Crippen LogP contribution in [0.5, 0.6) is 17.2 Å². The molecule has 0 heterocycles. The fourth-order valence-electron chi connectivity index (χ4n) is 8.36. The molecule has 0 radical (unpaired) electrons. The number of phenols is 3. The van der Waals surface area contributed by atoms with Crippen LogP contribution in [0.2, 0.25) is 0 Å². The molecular formula is C57H88N2O7. The molecule has 0 aliphatic heterocycles. The number of amides is 2. The second-order valence-corrected chi connectivity index (χ2v) is 24.8. The summed E-state index contributed by atoms with van der Waals surface area (Å²) in [5, 5.41) is 33.6. The SMILES string of the molecule is CC(C)(C)c1cc(CCC(=O)ONCCCCCCN(C(=O)CCc2cc(C(C)(C)C)c(O)c(C(C)(C)C)c2)C(=O)CCc2cc(C(C)(C)C)c(O)c(C(C)(C)C)c2)cc(C(C)(C)C)c1O. The van der Waals surface area contributed by atoms with E-state index in [4.69, 9.17) is 4.84 Å². The van der Waals surface area contributed by atoms with E-state index in [0.717, 1.165) is 69.3 Å². The van der Waals surface area contributed by atoms with Crippen LogP contribution in [0, 0.1) is 0 Å². The molecule has 3 aromatic rings. The lowest BCUT2D eigenvalue weighted by molar-refractivity contribution is -0.151. The maximum absolute atomic E-state index is 14.1. The Kier molecular flexibility index (Phi) is 18.4. The monoisotopic (exact) mass is 913 g/mol. The third-order valence-electron chi connectivity index (χ3n) is 12.4. The third-order valence-corrected chi connectivity index (χ3v) is 12.4. The van der Waals surface area contributed by atoms with Gasteiger partial charge in [-0.3, -0.25) is 19.3 Å². The first-order valence-electron chi connectivity index (χ1n) is 24.4. The predicted octanol–water partition coefficient (Wildman–Crippen LogP) is 12.7. The molecule has 0 saturated heterocycles. The van der Waals surface area contributed by atoms with Crippen LogP contribution in [0.1, 0.15) is 220 Å². The van der Waals surface area contributed by atoms with Crippen LogP contribution < -0.4 is 5.48 Å². The number of nitrogens with zero attached hydrogens (tertiary/aromatic N) is 1. The van der Waals surface area contributed by atoms with E-state index >= 15 is 0 Å². The lowest BCUT2D eigenvalue weighted by Gasteiger charge is -2.28. The van der Waals surface area contributed by atoms with Crippen LogP contribution in [-0.2, 0) is 71.0 Å². The summed E-state index contributed by atoms with van der Waals surface area (Å²) >= 11 is 0. The zero-order valence-corrected chi connectivity index (χ0v) is 44.4. The normalized spacial score (nSPS) is 12.9. The van der Waals surface area contributed by atoms with Crippen molar-refractivity contribution in [2.45, 2.75) is 221 Å². The molecule has 368 valence electrons. The fraction of sp³-hybridized carbons (Fsp3) is 0.632. The first-order chi connectivity index (χ1) is 30.0. The van der Waals surface area contributed by atoms with Crippen LogP contribution in [0.25, 0.3) is 0 Å². The van der Waals surface area contributed by atoms with Crippen molar-refractivity contribution in [2.75, 3.05) is 13.1 Å². The van der Waals surface area contributed by atoms with E-state index in [9.17, 15) is 29.7 Å². The Morgan fingerprint density at radius 2 is 0.712 bits per heavy atom. The molecule has 9 nitrogen and oxygen atoms in total. The zero-order valence-electron chi connectivity index (χ0n) is 44.4. The zero-order chi connectivity index (χ0) is 50.4. The van der Waals surface area contributed by atoms with Gasteiger partial charge in [-0.25, -0.2) is 0 Å². The molecule has 0 unspecified atom stereocenters. The molecule has 3 rings (SSSR count). The highest BCUT2D eigenvalue weighted by Crippen LogP contribution is 2.43. The highest BCUT2D eigenvalue weighted by atomic mass is 16.7. The minimum atomic E-state index is -0.349. The highest BCUT2D eigenvalue weighted by Gasteiger charge is 2.30. The molecule has 0 atom stereocenters. The summed E-state index contributed by atoms with van der Waals surface area (Å²) in [4.78, 5) is 47.8. The maximum atomic E-state index is 14.1. The van der Waals surface area contributed by atoms with Gasteiger partial charge in [-0.05, 0) is 115 Å². The first kappa shape index (κ1) is 56.0. The number of carbonyl (C=O) groups is 3. The minimum absolute atomic E-state index is 0.156. The molecule has 66 heavy (non-hydrogen) atoms. The van der Waals surface area contributed by atoms with Gasteiger partial charge in [-0.15, -0.1) is 0 Å². The van der Waals surface area contributed by atoms with Gasteiger partial charge < -0.3 is 20.2 Å². The number of hydrogen-bond donors (Lipinski definition) is 4. The second-order valence-electron chi connectivity index (χ2n) is 24.8. The summed E-state index contributed by atoms with van der Waals surface area (Å²) < 4.78 is 0. The second kappa shape index (κ2) is 21.7. The van der Waals surface area contributed by atoms with Crippen LogP contribution in [-0.4, -0.2) is 51.1 Å². The topological polar surface area (TPSA) is 136 Å². The number of nitrogens with one attached hydrogen (secondary N) is 1. The van der Waals surface area contributed by atoms with E-state index in [0.29, 0.717) is 56.0 Å². The van der Waals surface area contributed by atoms with E-state index in [2.05, 4.69) is 130 Å². The highest BCUT2D eigenvalue weighted by molar-refractivity contribution is 5.95. The fourth-order valence-corrected chi connectivity index (χ4v) is 8.36. The number of aromatic hydroxyl groups is 3. The molecule has 3 aromatic carbocycles. The van der Waals surface area contributed by atoms with Gasteiger partial charge in [0.25, 0.3) is 0 Å². The van der Waals surface area contributed by atoms with Gasteiger partial charge in [0.15, 0.2) is 0 Å². The molecule has 0 aromatic heterocycles. The third kappa shape index (κ3) is 15.9.